The van der Waals surface area contributed by atoms with Crippen LogP contribution in [-0.4, -0.2) is 135 Å². The molecule has 2 N–H and O–H groups in total. The van der Waals surface area contributed by atoms with E-state index in [1.54, 1.807) is 84.6 Å². The summed E-state index contributed by atoms with van der Waals surface area (Å²) in [7, 11) is 9.90. The molecule has 0 saturated heterocycles. The number of nitrogens with one attached hydrogen (secondary N) is 1. The second-order valence-electron chi connectivity index (χ2n) is 22.7. The Morgan fingerprint density at radius 3 is 1.46 bits per heavy atom. The molecule has 0 fully saturated rings. The van der Waals surface area contributed by atoms with E-state index in [1.165, 1.54) is 25.2 Å². The number of hydrogen-bond donors (Lipinski definition) is 2. The lowest BCUT2D eigenvalue weighted by molar-refractivity contribution is 0.0517. The largest absolute Gasteiger partial charge is 0.503 e. The average molecular weight is 1650 g/mol. The molecule has 2 amide bonds. The topological polar surface area (TPSA) is 230 Å². The van der Waals surface area contributed by atoms with Crippen LogP contribution in [0.5, 0.6) is 51.7 Å². The number of fused-ring (bicyclic) bond motifs is 9. The normalized spacial score (nSPS) is 12.3. The number of aromatic hydroxyl groups is 1. The van der Waals surface area contributed by atoms with Crippen LogP contribution in [0.25, 0.3) is 53.9 Å². The summed E-state index contributed by atoms with van der Waals surface area (Å²) in [6, 6.07) is 28.5. The molecule has 0 radical (unpaired) electrons. The highest BCUT2D eigenvalue weighted by molar-refractivity contribution is 9.11. The van der Waals surface area contributed by atoms with E-state index in [9.17, 15) is 27.9 Å². The third kappa shape index (κ3) is 18.3. The minimum Gasteiger partial charge on any atom is -0.503 e. The number of rotatable bonds is 9. The van der Waals surface area contributed by atoms with Gasteiger partial charge in [-0.3, -0.25) is 4.90 Å². The van der Waals surface area contributed by atoms with Crippen LogP contribution in [0.2, 0.25) is 0 Å². The van der Waals surface area contributed by atoms with Crippen molar-refractivity contribution in [3.05, 3.63) is 138 Å². The molecule has 10 aromatic rings. The van der Waals surface area contributed by atoms with E-state index in [4.69, 9.17) is 47.4 Å². The van der Waals surface area contributed by atoms with Gasteiger partial charge >= 0.3 is 12.2 Å². The van der Waals surface area contributed by atoms with Gasteiger partial charge in [0.05, 0.1) is 55.2 Å². The second kappa shape index (κ2) is 32.3. The summed E-state index contributed by atoms with van der Waals surface area (Å²) >= 11 is 16.6. The summed E-state index contributed by atoms with van der Waals surface area (Å²) in [4.78, 5) is 47.7. The molecule has 0 atom stereocenters. The third-order valence-electron chi connectivity index (χ3n) is 13.8. The number of amides is 2. The number of nitrogens with zero attached hydrogens (tertiary/aromatic N) is 7. The van der Waals surface area contributed by atoms with Crippen molar-refractivity contribution in [2.24, 2.45) is 0 Å². The smallest absolute Gasteiger partial charge is 0.416 e. The van der Waals surface area contributed by atoms with Crippen molar-refractivity contribution in [2.45, 2.75) is 52.7 Å². The molecule has 29 heteroatoms. The lowest BCUT2D eigenvalue weighted by atomic mass is 10.1. The Labute approximate surface area is 592 Å². The Hall–Kier alpha value is -8.12. The van der Waals surface area contributed by atoms with E-state index in [0.29, 0.717) is 94.3 Å². The molecule has 2 aliphatic heterocycles. The number of hydrogen-bond acceptors (Lipinski definition) is 19. The number of methoxy groups -OCH3 is 5. The van der Waals surface area contributed by atoms with Crippen LogP contribution in [-0.2, 0) is 9.47 Å². The van der Waals surface area contributed by atoms with Crippen LogP contribution in [0.15, 0.2) is 120 Å². The number of pyridine rings is 5. The highest BCUT2D eigenvalue weighted by Crippen LogP contribution is 2.44. The molecule has 96 heavy (non-hydrogen) atoms. The molecule has 0 spiro atoms. The summed E-state index contributed by atoms with van der Waals surface area (Å²) in [5, 5.41) is 19.7. The highest BCUT2D eigenvalue weighted by Gasteiger charge is 2.32. The molecule has 5 aromatic carbocycles. The maximum atomic E-state index is 14.2. The van der Waals surface area contributed by atoms with Crippen molar-refractivity contribution < 1.29 is 75.2 Å². The zero-order chi connectivity index (χ0) is 69.9. The number of aromatic nitrogens is 5. The number of carbonyl (C=O) groups is 2. The SMILES string of the molecule is COc1ccc2c(Br)nc(F)c(O)c2c1.COc1ccc2c(Br)nc(F)c(OCCNC(=O)OC(C)(C)C)c2c1.COc1ccc2c(Br)nc(F)cc2c1.COc1ccc2c(Br)nc3c(c2c1)OCCN3C.COc1ccc2c(Br)nc3c(c2c1)OCCN3C(=O)OC(C)(C)C. The van der Waals surface area contributed by atoms with Crippen molar-refractivity contribution in [3.8, 4) is 51.7 Å². The minimum absolute atomic E-state index is 0.00286. The molecule has 0 aliphatic carbocycles. The Bertz CT molecular complexity index is 4510. The first-order valence-corrected chi connectivity index (χ1v) is 33.1. The Balaban J connectivity index is 0.000000156. The van der Waals surface area contributed by atoms with Gasteiger partial charge in [-0.25, -0.2) is 34.5 Å². The quantitative estimate of drug-likeness (QED) is 0.101. The van der Waals surface area contributed by atoms with Gasteiger partial charge in [-0.15, -0.1) is 0 Å². The van der Waals surface area contributed by atoms with Gasteiger partial charge in [-0.1, -0.05) is 0 Å². The summed E-state index contributed by atoms with van der Waals surface area (Å²) < 4.78 is 96.4. The van der Waals surface area contributed by atoms with Gasteiger partial charge in [0.2, 0.25) is 5.95 Å². The summed E-state index contributed by atoms with van der Waals surface area (Å²) in [6.07, 6.45) is -0.995. The molecule has 0 bridgehead atoms. The van der Waals surface area contributed by atoms with E-state index in [0.717, 1.165) is 60.8 Å². The Morgan fingerprint density at radius 1 is 0.521 bits per heavy atom. The molecule has 508 valence electrons. The molecule has 0 unspecified atom stereocenters. The van der Waals surface area contributed by atoms with Gasteiger partial charge in [0, 0.05) is 61.6 Å². The molecule has 21 nitrogen and oxygen atoms in total. The zero-order valence-corrected chi connectivity index (χ0v) is 61.9. The maximum Gasteiger partial charge on any atom is 0.416 e. The van der Waals surface area contributed by atoms with Gasteiger partial charge in [0.15, 0.2) is 34.6 Å². The van der Waals surface area contributed by atoms with Gasteiger partial charge in [0.1, 0.15) is 82.8 Å². The zero-order valence-electron chi connectivity index (χ0n) is 54.0. The third-order valence-corrected chi connectivity index (χ3v) is 16.8. The summed E-state index contributed by atoms with van der Waals surface area (Å²) in [5.41, 5.74) is -1.16. The Morgan fingerprint density at radius 2 is 0.938 bits per heavy atom. The first kappa shape index (κ1) is 73.7. The van der Waals surface area contributed by atoms with Crippen LogP contribution in [0.4, 0.5) is 34.4 Å². The number of alkyl carbamates (subject to hydrolysis) is 1. The number of likely N-dealkylation sites (N-methyl/N-ethyl adjacent to an activating group) is 1. The van der Waals surface area contributed by atoms with E-state index in [1.807, 2.05) is 76.3 Å². The van der Waals surface area contributed by atoms with Crippen molar-refractivity contribution >= 4 is 157 Å². The first-order chi connectivity index (χ1) is 45.5. The predicted octanol–water partition coefficient (Wildman–Crippen LogP) is 17.0. The number of ether oxygens (including phenoxy) is 10. The molecular formula is C67H66Br5F3N8O13. The van der Waals surface area contributed by atoms with Crippen LogP contribution < -0.4 is 53.0 Å². The van der Waals surface area contributed by atoms with Gasteiger partial charge in [-0.2, -0.15) is 13.2 Å². The standard InChI is InChI=1S/C17H20BrFN2O4.C17H19BrN2O4.C13H13BrN2O2.C10H7BrFNO2.C10H7BrFNO/c1-17(2,3)25-16(22)20-7-8-24-13-12-9-10(23-4)5-6-11(12)14(18)21-15(13)19;1-17(2,3)24-16(21)20-7-8-23-13-12-9-10(22-4)5-6-11(12)14(18)19-15(13)20;1-16-5-6-18-11-10-7-8(17-2)3-4-9(10)12(14)15-13(11)16;1-15-5-2-3-6-7(4-5)8(14)10(12)13-9(6)11;1-14-7-2-3-8-6(4-7)5-9(12)13-10(8)11/h5-6,9H,7-8H2,1-4H3,(H,20,22);5-6,9H,7-8H2,1-4H3;3-4,7H,5-6H2,1-2H3;2-4,14H,1H3;2-5H,1H3. The predicted molar refractivity (Wildman–Crippen MR) is 379 cm³/mol. The lowest BCUT2D eigenvalue weighted by Gasteiger charge is -2.31. The number of anilines is 2. The fraction of sp³-hybridized carbons (Fsp3) is 0.299. The summed E-state index contributed by atoms with van der Waals surface area (Å²) in [5.74, 6) is 3.45. The second-order valence-corrected chi connectivity index (χ2v) is 26.4. The van der Waals surface area contributed by atoms with Crippen LogP contribution in [0, 0.1) is 17.8 Å². The van der Waals surface area contributed by atoms with E-state index < -0.39 is 47.0 Å². The van der Waals surface area contributed by atoms with E-state index in [-0.39, 0.29) is 18.9 Å². The maximum absolute atomic E-state index is 14.2. The van der Waals surface area contributed by atoms with Crippen molar-refractivity contribution in [2.75, 3.05) is 91.9 Å². The van der Waals surface area contributed by atoms with Crippen molar-refractivity contribution in [1.82, 2.24) is 30.2 Å². The van der Waals surface area contributed by atoms with Crippen LogP contribution in [0.3, 0.4) is 0 Å². The molecule has 5 aromatic heterocycles. The molecule has 12 rings (SSSR count). The summed E-state index contributed by atoms with van der Waals surface area (Å²) in [6.45, 7) is 13.3. The molecule has 0 saturated carbocycles. The number of carbonyl (C=O) groups excluding carboxylic acids is 2. The number of benzene rings is 5. The molecule has 2 aliphatic rings. The monoisotopic (exact) mass is 1640 g/mol. The fourth-order valence-electron chi connectivity index (χ4n) is 9.35. The Kier molecular flexibility index (Phi) is 24.8. The highest BCUT2D eigenvalue weighted by atomic mass is 79.9. The van der Waals surface area contributed by atoms with Crippen LogP contribution in [0.1, 0.15) is 41.5 Å². The number of halogens is 8. The first-order valence-electron chi connectivity index (χ1n) is 29.1. The average Bonchev–Trinajstić information content (AvgIpc) is 0.791. The molecule has 7 heterocycles. The van der Waals surface area contributed by atoms with Crippen molar-refractivity contribution in [3.63, 3.8) is 0 Å². The van der Waals surface area contributed by atoms with Crippen LogP contribution >= 0.6 is 79.6 Å². The fourth-order valence-corrected chi connectivity index (χ4v) is 11.9. The van der Waals surface area contributed by atoms with E-state index in [2.05, 4.69) is 115 Å². The van der Waals surface area contributed by atoms with E-state index >= 15 is 0 Å². The lowest BCUT2D eigenvalue weighted by Crippen LogP contribution is -2.42. The molecular weight excluding hydrogens is 1580 g/mol. The van der Waals surface area contributed by atoms with Gasteiger partial charge in [0.25, 0.3) is 11.9 Å². The van der Waals surface area contributed by atoms with Gasteiger partial charge in [-0.05, 0) is 218 Å². The van der Waals surface area contributed by atoms with Crippen molar-refractivity contribution in [1.29, 1.82) is 0 Å². The van der Waals surface area contributed by atoms with Gasteiger partial charge < -0.3 is 62.7 Å². The minimum atomic E-state index is -0.900.